The molecule has 3 aromatic rings. The zero-order chi connectivity index (χ0) is 23.6. The standard InChI is InChI=1S/C24H22ClN3O5/c1-31-19-10-8-18(9-11-19)27-22(29)15-33-23-20(25)12-16(13-21(23)32-2)14-26-28-24(30)17-6-4-3-5-7-17/h3-14H,15H2,1-2H3,(H,27,29)(H,28,30)/b26-14+. The second-order valence-electron chi connectivity index (χ2n) is 6.66. The third-order valence-electron chi connectivity index (χ3n) is 4.39. The molecule has 3 rings (SSSR count). The van der Waals surface area contributed by atoms with Gasteiger partial charge in [0.1, 0.15) is 5.75 Å². The maximum absolute atomic E-state index is 12.2. The maximum Gasteiger partial charge on any atom is 0.271 e. The molecule has 2 N–H and O–H groups in total. The van der Waals surface area contributed by atoms with Crippen LogP contribution in [0.1, 0.15) is 15.9 Å². The van der Waals surface area contributed by atoms with Crippen molar-refractivity contribution in [3.63, 3.8) is 0 Å². The van der Waals surface area contributed by atoms with Crippen LogP contribution < -0.4 is 25.0 Å². The average molecular weight is 468 g/mol. The predicted octanol–water partition coefficient (Wildman–Crippen LogP) is 4.14. The Kier molecular flexibility index (Phi) is 8.26. The van der Waals surface area contributed by atoms with Crippen molar-refractivity contribution in [2.75, 3.05) is 26.1 Å². The smallest absolute Gasteiger partial charge is 0.271 e. The summed E-state index contributed by atoms with van der Waals surface area (Å²) in [5.41, 5.74) is 4.10. The zero-order valence-corrected chi connectivity index (χ0v) is 18.8. The molecule has 0 heterocycles. The molecule has 33 heavy (non-hydrogen) atoms. The van der Waals surface area contributed by atoms with E-state index < -0.39 is 0 Å². The maximum atomic E-state index is 12.2. The zero-order valence-electron chi connectivity index (χ0n) is 18.0. The lowest BCUT2D eigenvalue weighted by atomic mass is 10.2. The molecule has 0 radical (unpaired) electrons. The number of ether oxygens (including phenoxy) is 3. The van der Waals surface area contributed by atoms with Crippen LogP contribution in [0.15, 0.2) is 71.8 Å². The number of carbonyl (C=O) groups excluding carboxylic acids is 2. The van der Waals surface area contributed by atoms with Gasteiger partial charge in [-0.2, -0.15) is 5.10 Å². The fourth-order valence-electron chi connectivity index (χ4n) is 2.78. The summed E-state index contributed by atoms with van der Waals surface area (Å²) in [4.78, 5) is 24.3. The highest BCUT2D eigenvalue weighted by Crippen LogP contribution is 2.36. The molecule has 0 fully saturated rings. The van der Waals surface area contributed by atoms with Crippen molar-refractivity contribution in [1.82, 2.24) is 5.43 Å². The fourth-order valence-corrected chi connectivity index (χ4v) is 3.06. The first-order chi connectivity index (χ1) is 16.0. The van der Waals surface area contributed by atoms with E-state index >= 15 is 0 Å². The van der Waals surface area contributed by atoms with E-state index in [1.807, 2.05) is 6.07 Å². The van der Waals surface area contributed by atoms with Gasteiger partial charge in [-0.3, -0.25) is 9.59 Å². The quantitative estimate of drug-likeness (QED) is 0.364. The minimum atomic E-state index is -0.368. The number of halogens is 1. The van der Waals surface area contributed by atoms with Crippen LogP contribution in [-0.2, 0) is 4.79 Å². The molecule has 0 unspecified atom stereocenters. The molecule has 0 aliphatic rings. The summed E-state index contributed by atoms with van der Waals surface area (Å²) < 4.78 is 16.0. The number of hydrazone groups is 1. The Morgan fingerprint density at radius 2 is 1.73 bits per heavy atom. The van der Waals surface area contributed by atoms with Gasteiger partial charge in [0.05, 0.1) is 25.5 Å². The lowest BCUT2D eigenvalue weighted by molar-refractivity contribution is -0.118. The Hall–Kier alpha value is -4.04. The van der Waals surface area contributed by atoms with E-state index in [9.17, 15) is 9.59 Å². The summed E-state index contributed by atoms with van der Waals surface area (Å²) in [6.45, 7) is -0.275. The molecular weight excluding hydrogens is 446 g/mol. The molecule has 0 bridgehead atoms. The van der Waals surface area contributed by atoms with Crippen molar-refractivity contribution < 1.29 is 23.8 Å². The van der Waals surface area contributed by atoms with Crippen molar-refractivity contribution in [1.29, 1.82) is 0 Å². The predicted molar refractivity (Wildman–Crippen MR) is 127 cm³/mol. The second kappa shape index (κ2) is 11.5. The average Bonchev–Trinajstić information content (AvgIpc) is 2.84. The SMILES string of the molecule is COc1ccc(NC(=O)COc2c(Cl)cc(/C=N/NC(=O)c3ccccc3)cc2OC)cc1. The van der Waals surface area contributed by atoms with E-state index in [1.165, 1.54) is 13.3 Å². The Labute approximate surface area is 196 Å². The van der Waals surface area contributed by atoms with Gasteiger partial charge >= 0.3 is 0 Å². The van der Waals surface area contributed by atoms with E-state index in [0.29, 0.717) is 28.3 Å². The van der Waals surface area contributed by atoms with Gasteiger partial charge in [-0.25, -0.2) is 5.43 Å². The van der Waals surface area contributed by atoms with Crippen LogP contribution in [-0.4, -0.2) is 38.9 Å². The largest absolute Gasteiger partial charge is 0.497 e. The number of methoxy groups -OCH3 is 2. The lowest BCUT2D eigenvalue weighted by Gasteiger charge is -2.13. The number of hydrogen-bond donors (Lipinski definition) is 2. The van der Waals surface area contributed by atoms with Crippen molar-refractivity contribution in [2.24, 2.45) is 5.10 Å². The number of nitrogens with zero attached hydrogens (tertiary/aromatic N) is 1. The number of nitrogens with one attached hydrogen (secondary N) is 2. The summed E-state index contributed by atoms with van der Waals surface area (Å²) in [7, 11) is 3.02. The number of anilines is 1. The molecule has 0 aliphatic heterocycles. The first kappa shape index (κ1) is 23.6. The molecule has 0 aromatic heterocycles. The van der Waals surface area contributed by atoms with Gasteiger partial charge in [-0.1, -0.05) is 29.8 Å². The summed E-state index contributed by atoms with van der Waals surface area (Å²) >= 11 is 6.33. The topological polar surface area (TPSA) is 98.3 Å². The normalized spacial score (nSPS) is 10.5. The first-order valence-electron chi connectivity index (χ1n) is 9.83. The number of hydrogen-bond acceptors (Lipinski definition) is 6. The Morgan fingerprint density at radius 1 is 1.00 bits per heavy atom. The van der Waals surface area contributed by atoms with Gasteiger partial charge in [0.15, 0.2) is 18.1 Å². The fraction of sp³-hybridized carbons (Fsp3) is 0.125. The van der Waals surface area contributed by atoms with Crippen LogP contribution in [0.4, 0.5) is 5.69 Å². The van der Waals surface area contributed by atoms with E-state index in [1.54, 1.807) is 67.8 Å². The van der Waals surface area contributed by atoms with E-state index in [4.69, 9.17) is 25.8 Å². The van der Waals surface area contributed by atoms with Gasteiger partial charge in [0, 0.05) is 11.3 Å². The van der Waals surface area contributed by atoms with Gasteiger partial charge in [0.2, 0.25) is 0 Å². The molecule has 170 valence electrons. The molecule has 0 saturated carbocycles. The van der Waals surface area contributed by atoms with Crippen LogP contribution in [0.3, 0.4) is 0 Å². The molecular formula is C24H22ClN3O5. The molecule has 0 aliphatic carbocycles. The molecule has 3 aromatic carbocycles. The summed E-state index contributed by atoms with van der Waals surface area (Å²) in [5, 5.41) is 6.89. The van der Waals surface area contributed by atoms with E-state index in [-0.39, 0.29) is 29.2 Å². The minimum Gasteiger partial charge on any atom is -0.497 e. The van der Waals surface area contributed by atoms with Gasteiger partial charge in [0.25, 0.3) is 11.8 Å². The lowest BCUT2D eigenvalue weighted by Crippen LogP contribution is -2.20. The number of amides is 2. The summed E-state index contributed by atoms with van der Waals surface area (Å²) in [6, 6.07) is 18.8. The highest BCUT2D eigenvalue weighted by Gasteiger charge is 2.14. The van der Waals surface area contributed by atoms with Crippen molar-refractivity contribution in [3.05, 3.63) is 82.9 Å². The highest BCUT2D eigenvalue weighted by atomic mass is 35.5. The number of benzene rings is 3. The Morgan fingerprint density at radius 3 is 2.39 bits per heavy atom. The molecule has 2 amide bonds. The number of carbonyl (C=O) groups is 2. The van der Waals surface area contributed by atoms with Crippen LogP contribution in [0, 0.1) is 0 Å². The summed E-state index contributed by atoms with van der Waals surface area (Å²) in [5.74, 6) is 0.509. The van der Waals surface area contributed by atoms with Gasteiger partial charge in [-0.15, -0.1) is 0 Å². The van der Waals surface area contributed by atoms with Crippen LogP contribution >= 0.6 is 11.6 Å². The van der Waals surface area contributed by atoms with Crippen LogP contribution in [0.25, 0.3) is 0 Å². The van der Waals surface area contributed by atoms with Crippen molar-refractivity contribution in [2.45, 2.75) is 0 Å². The molecule has 0 saturated heterocycles. The number of rotatable bonds is 9. The molecule has 9 heteroatoms. The minimum absolute atomic E-state index is 0.217. The van der Waals surface area contributed by atoms with Crippen LogP contribution in [0.2, 0.25) is 5.02 Å². The third kappa shape index (κ3) is 6.72. The Balaban J connectivity index is 1.61. The van der Waals surface area contributed by atoms with Crippen LogP contribution in [0.5, 0.6) is 17.2 Å². The highest BCUT2D eigenvalue weighted by molar-refractivity contribution is 6.32. The van der Waals surface area contributed by atoms with E-state index in [0.717, 1.165) is 0 Å². The Bertz CT molecular complexity index is 1130. The molecule has 0 atom stereocenters. The third-order valence-corrected chi connectivity index (χ3v) is 4.67. The first-order valence-corrected chi connectivity index (χ1v) is 10.2. The molecule has 0 spiro atoms. The van der Waals surface area contributed by atoms with E-state index in [2.05, 4.69) is 15.8 Å². The van der Waals surface area contributed by atoms with Gasteiger partial charge in [-0.05, 0) is 54.1 Å². The molecule has 8 nitrogen and oxygen atoms in total. The van der Waals surface area contributed by atoms with Gasteiger partial charge < -0.3 is 19.5 Å². The monoisotopic (exact) mass is 467 g/mol. The summed E-state index contributed by atoms with van der Waals surface area (Å²) in [6.07, 6.45) is 1.43. The van der Waals surface area contributed by atoms with Crippen molar-refractivity contribution in [3.8, 4) is 17.2 Å². The van der Waals surface area contributed by atoms with Crippen molar-refractivity contribution >= 4 is 35.3 Å². The second-order valence-corrected chi connectivity index (χ2v) is 7.07.